The average Bonchev–Trinajstić information content (AvgIpc) is 3.07. The predicted molar refractivity (Wildman–Crippen MR) is 98.6 cm³/mol. The molecule has 2 heterocycles. The highest BCUT2D eigenvalue weighted by molar-refractivity contribution is 6.32. The quantitative estimate of drug-likeness (QED) is 0.759. The van der Waals surface area contributed by atoms with E-state index in [4.69, 9.17) is 21.1 Å². The summed E-state index contributed by atoms with van der Waals surface area (Å²) in [6.07, 6.45) is 6.06. The normalized spacial score (nSPS) is 13.1. The summed E-state index contributed by atoms with van der Waals surface area (Å²) in [4.78, 5) is 16.6. The lowest BCUT2D eigenvalue weighted by molar-refractivity contribution is 0.102. The van der Waals surface area contributed by atoms with Gasteiger partial charge in [0.15, 0.2) is 11.5 Å². The molecule has 6 nitrogen and oxygen atoms in total. The molecule has 132 valence electrons. The van der Waals surface area contributed by atoms with Gasteiger partial charge in [-0.15, -0.1) is 0 Å². The minimum Gasteiger partial charge on any atom is -0.489 e. The Morgan fingerprint density at radius 2 is 1.96 bits per heavy atom. The molecule has 1 aliphatic rings. The second-order valence-electron chi connectivity index (χ2n) is 5.81. The molecular weight excluding hydrogens is 354 g/mol. The van der Waals surface area contributed by atoms with Gasteiger partial charge in [0.05, 0.1) is 24.6 Å². The van der Waals surface area contributed by atoms with E-state index in [9.17, 15) is 4.79 Å². The van der Waals surface area contributed by atoms with Crippen LogP contribution in [0.4, 0.5) is 5.69 Å². The molecule has 3 aromatic rings. The fourth-order valence-corrected chi connectivity index (χ4v) is 2.96. The number of carbonyl (C=O) groups excluding carboxylic acids is 1. The number of nitrogens with one attached hydrogen (secondary N) is 1. The highest BCUT2D eigenvalue weighted by atomic mass is 35.5. The molecule has 0 atom stereocenters. The number of aromatic nitrogens is 2. The summed E-state index contributed by atoms with van der Waals surface area (Å²) in [5.74, 6) is 0.721. The molecule has 0 unspecified atom stereocenters. The number of halogens is 1. The van der Waals surface area contributed by atoms with Gasteiger partial charge in [0.2, 0.25) is 0 Å². The predicted octanol–water partition coefficient (Wildman–Crippen LogP) is 3.94. The van der Waals surface area contributed by atoms with Gasteiger partial charge in [-0.1, -0.05) is 11.6 Å². The van der Waals surface area contributed by atoms with Crippen molar-refractivity contribution in [1.29, 1.82) is 0 Å². The van der Waals surface area contributed by atoms with E-state index in [1.54, 1.807) is 24.7 Å². The van der Waals surface area contributed by atoms with Crippen LogP contribution in [0.5, 0.6) is 11.5 Å². The number of carbonyl (C=O) groups is 1. The molecule has 26 heavy (non-hydrogen) atoms. The van der Waals surface area contributed by atoms with Crippen molar-refractivity contribution in [2.75, 3.05) is 18.5 Å². The maximum atomic E-state index is 12.6. The van der Waals surface area contributed by atoms with Gasteiger partial charge in [-0.05, 0) is 36.4 Å². The van der Waals surface area contributed by atoms with Crippen molar-refractivity contribution in [2.45, 2.75) is 6.42 Å². The highest BCUT2D eigenvalue weighted by Gasteiger charge is 2.18. The van der Waals surface area contributed by atoms with E-state index < -0.39 is 0 Å². The fraction of sp³-hybridized carbons (Fsp3) is 0.158. The number of ether oxygens (including phenoxy) is 2. The van der Waals surface area contributed by atoms with Gasteiger partial charge in [0.25, 0.3) is 5.91 Å². The summed E-state index contributed by atoms with van der Waals surface area (Å²) in [5, 5.41) is 3.23. The van der Waals surface area contributed by atoms with Crippen LogP contribution >= 0.6 is 11.6 Å². The Morgan fingerprint density at radius 3 is 2.73 bits per heavy atom. The van der Waals surface area contributed by atoms with Crippen LogP contribution < -0.4 is 14.8 Å². The van der Waals surface area contributed by atoms with Crippen molar-refractivity contribution < 1.29 is 14.3 Å². The number of hydrogen-bond donors (Lipinski definition) is 1. The fourth-order valence-electron chi connectivity index (χ4n) is 2.69. The molecule has 0 radical (unpaired) electrons. The molecule has 0 aliphatic carbocycles. The topological polar surface area (TPSA) is 65.4 Å². The monoisotopic (exact) mass is 369 g/mol. The van der Waals surface area contributed by atoms with Crippen molar-refractivity contribution in [3.8, 4) is 17.2 Å². The van der Waals surface area contributed by atoms with Crippen LogP contribution in [0, 0.1) is 0 Å². The van der Waals surface area contributed by atoms with Gasteiger partial charge in [0.1, 0.15) is 0 Å². The zero-order valence-corrected chi connectivity index (χ0v) is 14.6. The first-order valence-electron chi connectivity index (χ1n) is 8.19. The first-order chi connectivity index (χ1) is 12.7. The van der Waals surface area contributed by atoms with Crippen LogP contribution in [0.1, 0.15) is 16.8 Å². The first kappa shape index (κ1) is 16.5. The molecule has 1 N–H and O–H groups in total. The van der Waals surface area contributed by atoms with Crippen molar-refractivity contribution in [1.82, 2.24) is 9.55 Å². The molecule has 2 aromatic carbocycles. The van der Waals surface area contributed by atoms with E-state index in [0.717, 1.165) is 12.1 Å². The Balaban J connectivity index is 1.53. The van der Waals surface area contributed by atoms with Gasteiger partial charge in [-0.3, -0.25) is 4.79 Å². The smallest absolute Gasteiger partial charge is 0.255 e. The summed E-state index contributed by atoms with van der Waals surface area (Å²) < 4.78 is 13.1. The summed E-state index contributed by atoms with van der Waals surface area (Å²) in [7, 11) is 0. The highest BCUT2D eigenvalue weighted by Crippen LogP contribution is 2.38. The van der Waals surface area contributed by atoms with Crippen LogP contribution in [-0.2, 0) is 0 Å². The molecule has 0 spiro atoms. The second-order valence-corrected chi connectivity index (χ2v) is 6.21. The van der Waals surface area contributed by atoms with Gasteiger partial charge in [-0.25, -0.2) is 4.98 Å². The Kier molecular flexibility index (Phi) is 4.50. The SMILES string of the molecule is O=C(Nc1ccc(-n2ccnc2)cc1)c1cc(Cl)c2c(c1)OCCCO2. The molecule has 0 fully saturated rings. The molecular formula is C19H16ClN3O3. The number of fused-ring (bicyclic) bond motifs is 1. The number of hydrogen-bond acceptors (Lipinski definition) is 4. The number of imidazole rings is 1. The van der Waals surface area contributed by atoms with Gasteiger partial charge in [0, 0.05) is 35.8 Å². The Bertz CT molecular complexity index is 924. The number of anilines is 1. The van der Waals surface area contributed by atoms with E-state index in [1.165, 1.54) is 0 Å². The Morgan fingerprint density at radius 1 is 1.15 bits per heavy atom. The van der Waals surface area contributed by atoms with Crippen LogP contribution in [0.3, 0.4) is 0 Å². The number of nitrogens with zero attached hydrogens (tertiary/aromatic N) is 2. The van der Waals surface area contributed by atoms with Crippen molar-refractivity contribution >= 4 is 23.2 Å². The first-order valence-corrected chi connectivity index (χ1v) is 8.57. The summed E-state index contributed by atoms with van der Waals surface area (Å²) >= 11 is 6.25. The van der Waals surface area contributed by atoms with E-state index in [-0.39, 0.29) is 5.91 Å². The molecule has 0 saturated carbocycles. The summed E-state index contributed by atoms with van der Waals surface area (Å²) in [6, 6.07) is 10.7. The maximum absolute atomic E-state index is 12.6. The van der Waals surface area contributed by atoms with Crippen molar-refractivity contribution in [2.24, 2.45) is 0 Å². The van der Waals surface area contributed by atoms with Crippen LogP contribution in [0.2, 0.25) is 5.02 Å². The molecule has 4 rings (SSSR count). The summed E-state index contributed by atoms with van der Waals surface area (Å²) in [6.45, 7) is 1.08. The van der Waals surface area contributed by atoms with E-state index in [1.807, 2.05) is 35.0 Å². The van der Waals surface area contributed by atoms with E-state index >= 15 is 0 Å². The van der Waals surface area contributed by atoms with Crippen LogP contribution in [0.15, 0.2) is 55.1 Å². The van der Waals surface area contributed by atoms with Gasteiger partial charge in [-0.2, -0.15) is 0 Å². The molecule has 0 bridgehead atoms. The lowest BCUT2D eigenvalue weighted by atomic mass is 10.1. The van der Waals surface area contributed by atoms with Crippen LogP contribution in [-0.4, -0.2) is 28.7 Å². The lowest BCUT2D eigenvalue weighted by Gasteiger charge is -2.12. The molecule has 0 saturated heterocycles. The van der Waals surface area contributed by atoms with E-state index in [0.29, 0.717) is 41.0 Å². The van der Waals surface area contributed by atoms with Crippen LogP contribution in [0.25, 0.3) is 5.69 Å². The Labute approximate surface area is 155 Å². The molecule has 1 amide bonds. The molecule has 7 heteroatoms. The van der Waals surface area contributed by atoms with Gasteiger partial charge >= 0.3 is 0 Å². The lowest BCUT2D eigenvalue weighted by Crippen LogP contribution is -2.12. The third kappa shape index (κ3) is 3.36. The van der Waals surface area contributed by atoms with E-state index in [2.05, 4.69) is 10.3 Å². The number of rotatable bonds is 3. The second kappa shape index (κ2) is 7.09. The number of amides is 1. The van der Waals surface area contributed by atoms with Gasteiger partial charge < -0.3 is 19.4 Å². The number of benzene rings is 2. The maximum Gasteiger partial charge on any atom is 0.255 e. The zero-order chi connectivity index (χ0) is 17.9. The minimum atomic E-state index is -0.266. The third-order valence-electron chi connectivity index (χ3n) is 3.99. The molecule has 1 aromatic heterocycles. The Hall–Kier alpha value is -2.99. The van der Waals surface area contributed by atoms with Crippen molar-refractivity contribution in [3.05, 3.63) is 65.7 Å². The largest absolute Gasteiger partial charge is 0.489 e. The minimum absolute atomic E-state index is 0.266. The average molecular weight is 370 g/mol. The van der Waals surface area contributed by atoms with Crippen molar-refractivity contribution in [3.63, 3.8) is 0 Å². The third-order valence-corrected chi connectivity index (χ3v) is 4.27. The molecule has 1 aliphatic heterocycles. The summed E-state index contributed by atoms with van der Waals surface area (Å²) in [5.41, 5.74) is 2.05. The standard InChI is InChI=1S/C19H16ClN3O3/c20-16-10-13(11-17-18(16)26-9-1-8-25-17)19(24)22-14-2-4-15(5-3-14)23-7-6-21-12-23/h2-7,10-12H,1,8-9H2,(H,22,24). The zero-order valence-electron chi connectivity index (χ0n) is 13.8.